The highest BCUT2D eigenvalue weighted by Gasteiger charge is 2.06. The number of unbranched alkanes of at least 4 members (excludes halogenated alkanes) is 3. The van der Waals surface area contributed by atoms with Crippen molar-refractivity contribution in [3.05, 3.63) is 47.0 Å². The zero-order valence-corrected chi connectivity index (χ0v) is 12.0. The molecule has 0 saturated heterocycles. The molecule has 0 amide bonds. The molecule has 0 N–H and O–H groups in total. The Morgan fingerprint density at radius 2 is 2.00 bits per heavy atom. The summed E-state index contributed by atoms with van der Waals surface area (Å²) in [6, 6.07) is 10.2. The predicted octanol–water partition coefficient (Wildman–Crippen LogP) is 4.76. The van der Waals surface area contributed by atoms with Crippen LogP contribution in [0.1, 0.15) is 54.1 Å². The molecule has 102 valence electrons. The maximum Gasteiger partial charge on any atom is 0.151 e. The van der Waals surface area contributed by atoms with Gasteiger partial charge in [-0.3, -0.25) is 4.79 Å². The lowest BCUT2D eigenvalue weighted by atomic mass is 9.97. The van der Waals surface area contributed by atoms with Gasteiger partial charge >= 0.3 is 0 Å². The van der Waals surface area contributed by atoms with Crippen LogP contribution in [0.2, 0.25) is 0 Å². The fourth-order valence-electron chi connectivity index (χ4n) is 2.57. The number of aldehydes is 1. The molecule has 0 aliphatic carbocycles. The van der Waals surface area contributed by atoms with Crippen LogP contribution in [0.25, 0.3) is 10.8 Å². The molecule has 0 aromatic heterocycles. The largest absolute Gasteiger partial charge is 0.298 e. The van der Waals surface area contributed by atoms with Gasteiger partial charge in [0.1, 0.15) is 0 Å². The van der Waals surface area contributed by atoms with Crippen molar-refractivity contribution in [1.82, 2.24) is 0 Å². The highest BCUT2D eigenvalue weighted by Crippen LogP contribution is 2.23. The molecule has 0 heterocycles. The molecule has 0 bridgehead atoms. The molecular formula is C19H20O. The normalized spacial score (nSPS) is 10.4. The van der Waals surface area contributed by atoms with Crippen LogP contribution in [-0.2, 0) is 6.42 Å². The van der Waals surface area contributed by atoms with Crippen molar-refractivity contribution in [3.63, 3.8) is 0 Å². The number of rotatable bonds is 6. The lowest BCUT2D eigenvalue weighted by molar-refractivity contribution is 0.112. The maximum atomic E-state index is 11.2. The first-order valence-corrected chi connectivity index (χ1v) is 7.27. The molecule has 20 heavy (non-hydrogen) atoms. The first-order chi connectivity index (χ1) is 9.80. The van der Waals surface area contributed by atoms with E-state index in [2.05, 4.69) is 25.0 Å². The Kier molecular flexibility index (Phi) is 4.96. The van der Waals surface area contributed by atoms with Crippen molar-refractivity contribution >= 4 is 17.1 Å². The Morgan fingerprint density at radius 3 is 2.70 bits per heavy atom. The third-order valence-electron chi connectivity index (χ3n) is 3.72. The predicted molar refractivity (Wildman–Crippen MR) is 85.1 cm³/mol. The van der Waals surface area contributed by atoms with E-state index in [9.17, 15) is 4.79 Å². The smallest absolute Gasteiger partial charge is 0.151 e. The van der Waals surface area contributed by atoms with Crippen LogP contribution in [0.4, 0.5) is 0 Å². The fraction of sp³-hybridized carbons (Fsp3) is 0.316. The van der Waals surface area contributed by atoms with Crippen molar-refractivity contribution in [1.29, 1.82) is 0 Å². The lowest BCUT2D eigenvalue weighted by Crippen LogP contribution is -1.92. The second-order valence-electron chi connectivity index (χ2n) is 5.16. The number of aryl methyl sites for hydroxylation is 1. The maximum absolute atomic E-state index is 11.2. The lowest BCUT2D eigenvalue weighted by Gasteiger charge is -2.07. The van der Waals surface area contributed by atoms with Crippen LogP contribution in [0, 0.1) is 12.3 Å². The second-order valence-corrected chi connectivity index (χ2v) is 5.16. The summed E-state index contributed by atoms with van der Waals surface area (Å²) in [6.45, 7) is 2.22. The van der Waals surface area contributed by atoms with Gasteiger partial charge in [-0.25, -0.2) is 0 Å². The van der Waals surface area contributed by atoms with E-state index in [0.717, 1.165) is 23.5 Å². The van der Waals surface area contributed by atoms with Gasteiger partial charge < -0.3 is 0 Å². The molecule has 2 rings (SSSR count). The number of carbonyl (C=O) groups is 1. The van der Waals surface area contributed by atoms with Crippen molar-refractivity contribution in [3.8, 4) is 12.3 Å². The molecule has 0 aliphatic rings. The molecule has 0 saturated carbocycles. The summed E-state index contributed by atoms with van der Waals surface area (Å²) in [4.78, 5) is 11.2. The standard InChI is InChI=1S/C19H20O/c1-3-5-6-7-8-15-9-12-18-17(13-15)11-10-16(4-2)19(18)14-20/h2,9-14H,3,5-8H2,1H3. The molecule has 0 unspecified atom stereocenters. The minimum Gasteiger partial charge on any atom is -0.298 e. The molecule has 0 aliphatic heterocycles. The van der Waals surface area contributed by atoms with Gasteiger partial charge in [0.2, 0.25) is 0 Å². The van der Waals surface area contributed by atoms with Crippen LogP contribution < -0.4 is 0 Å². The zero-order valence-electron chi connectivity index (χ0n) is 12.0. The van der Waals surface area contributed by atoms with Gasteiger partial charge in [0.05, 0.1) is 0 Å². The molecule has 2 aromatic rings. The van der Waals surface area contributed by atoms with Crippen molar-refractivity contribution in [2.75, 3.05) is 0 Å². The van der Waals surface area contributed by atoms with Gasteiger partial charge in [-0.05, 0) is 35.2 Å². The minimum absolute atomic E-state index is 0.627. The Labute approximate surface area is 121 Å². The van der Waals surface area contributed by atoms with Gasteiger partial charge in [0, 0.05) is 11.1 Å². The van der Waals surface area contributed by atoms with E-state index >= 15 is 0 Å². The average Bonchev–Trinajstić information content (AvgIpc) is 2.50. The summed E-state index contributed by atoms with van der Waals surface area (Å²) in [7, 11) is 0. The van der Waals surface area contributed by atoms with Crippen LogP contribution >= 0.6 is 0 Å². The van der Waals surface area contributed by atoms with E-state index < -0.39 is 0 Å². The van der Waals surface area contributed by atoms with Crippen LogP contribution in [0.15, 0.2) is 30.3 Å². The molecule has 0 spiro atoms. The number of hydrogen-bond donors (Lipinski definition) is 0. The summed E-state index contributed by atoms with van der Waals surface area (Å²) in [5.74, 6) is 2.57. The fourth-order valence-corrected chi connectivity index (χ4v) is 2.57. The molecule has 0 radical (unpaired) electrons. The molecule has 0 atom stereocenters. The number of benzene rings is 2. The van der Waals surface area contributed by atoms with Crippen LogP contribution in [0.3, 0.4) is 0 Å². The van der Waals surface area contributed by atoms with Crippen LogP contribution in [-0.4, -0.2) is 6.29 Å². The number of carbonyl (C=O) groups excluding carboxylic acids is 1. The summed E-state index contributed by atoms with van der Waals surface area (Å²) in [5.41, 5.74) is 2.63. The number of terminal acetylenes is 1. The molecular weight excluding hydrogens is 244 g/mol. The highest BCUT2D eigenvalue weighted by molar-refractivity contribution is 6.00. The van der Waals surface area contributed by atoms with Gasteiger partial charge in [0.25, 0.3) is 0 Å². The molecule has 1 nitrogen and oxygen atoms in total. The highest BCUT2D eigenvalue weighted by atomic mass is 16.1. The van der Waals surface area contributed by atoms with Crippen molar-refractivity contribution in [2.24, 2.45) is 0 Å². The first kappa shape index (κ1) is 14.3. The van der Waals surface area contributed by atoms with Gasteiger partial charge in [-0.15, -0.1) is 6.42 Å². The van der Waals surface area contributed by atoms with E-state index in [1.165, 1.54) is 31.2 Å². The van der Waals surface area contributed by atoms with E-state index in [1.54, 1.807) is 0 Å². The SMILES string of the molecule is C#Cc1ccc2cc(CCCCCC)ccc2c1C=O. The summed E-state index contributed by atoms with van der Waals surface area (Å²) >= 11 is 0. The molecule has 0 fully saturated rings. The molecule has 1 heteroatoms. The Morgan fingerprint density at radius 1 is 1.15 bits per heavy atom. The third kappa shape index (κ3) is 3.08. The van der Waals surface area contributed by atoms with Crippen LogP contribution in [0.5, 0.6) is 0 Å². The van der Waals surface area contributed by atoms with Gasteiger partial charge in [-0.2, -0.15) is 0 Å². The van der Waals surface area contributed by atoms with E-state index in [0.29, 0.717) is 11.1 Å². The Bertz CT molecular complexity index is 647. The van der Waals surface area contributed by atoms with E-state index in [-0.39, 0.29) is 0 Å². The first-order valence-electron chi connectivity index (χ1n) is 7.27. The Hall–Kier alpha value is -2.07. The monoisotopic (exact) mass is 264 g/mol. The van der Waals surface area contributed by atoms with Gasteiger partial charge in [-0.1, -0.05) is 56.4 Å². The average molecular weight is 264 g/mol. The quantitative estimate of drug-likeness (QED) is 0.418. The number of hydrogen-bond acceptors (Lipinski definition) is 1. The van der Waals surface area contributed by atoms with E-state index in [1.807, 2.05) is 18.2 Å². The summed E-state index contributed by atoms with van der Waals surface area (Å²) < 4.78 is 0. The second kappa shape index (κ2) is 6.91. The Balaban J connectivity index is 2.27. The van der Waals surface area contributed by atoms with E-state index in [4.69, 9.17) is 6.42 Å². The summed E-state index contributed by atoms with van der Waals surface area (Å²) in [6.07, 6.45) is 12.5. The van der Waals surface area contributed by atoms with Crippen molar-refractivity contribution in [2.45, 2.75) is 39.0 Å². The summed E-state index contributed by atoms with van der Waals surface area (Å²) in [5, 5.41) is 2.05. The zero-order chi connectivity index (χ0) is 14.4. The third-order valence-corrected chi connectivity index (χ3v) is 3.72. The molecule has 2 aromatic carbocycles. The minimum atomic E-state index is 0.627. The topological polar surface area (TPSA) is 17.1 Å². The number of fused-ring (bicyclic) bond motifs is 1. The van der Waals surface area contributed by atoms with Crippen molar-refractivity contribution < 1.29 is 4.79 Å². The van der Waals surface area contributed by atoms with Gasteiger partial charge in [0.15, 0.2) is 6.29 Å².